The summed E-state index contributed by atoms with van der Waals surface area (Å²) in [6.07, 6.45) is 3.51. The number of carboxylic acids is 1. The van der Waals surface area contributed by atoms with Gasteiger partial charge in [-0.2, -0.15) is 0 Å². The first-order chi connectivity index (χ1) is 13.1. The zero-order chi connectivity index (χ0) is 18.6. The van der Waals surface area contributed by atoms with Gasteiger partial charge in [0.2, 0.25) is 0 Å². The van der Waals surface area contributed by atoms with Crippen molar-refractivity contribution in [3.8, 4) is 0 Å². The molecule has 7 heteroatoms. The fourth-order valence-electron chi connectivity index (χ4n) is 4.42. The Labute approximate surface area is 160 Å². The van der Waals surface area contributed by atoms with Gasteiger partial charge < -0.3 is 14.7 Å². The lowest BCUT2D eigenvalue weighted by molar-refractivity contribution is -0.0470. The Morgan fingerprint density at radius 1 is 1.33 bits per heavy atom. The number of aromatic carboxylic acids is 1. The van der Waals surface area contributed by atoms with Gasteiger partial charge in [-0.1, -0.05) is 24.3 Å². The van der Waals surface area contributed by atoms with Gasteiger partial charge in [0.1, 0.15) is 27.5 Å². The van der Waals surface area contributed by atoms with E-state index in [1.165, 1.54) is 28.8 Å². The zero-order valence-electron chi connectivity index (χ0n) is 14.9. The summed E-state index contributed by atoms with van der Waals surface area (Å²) in [5.74, 6) is -0.0991. The molecule has 4 heterocycles. The fourth-order valence-corrected chi connectivity index (χ4v) is 5.40. The summed E-state index contributed by atoms with van der Waals surface area (Å²) >= 11 is 1.21. The lowest BCUT2D eigenvalue weighted by Crippen LogP contribution is -2.46. The van der Waals surface area contributed by atoms with Crippen LogP contribution in [0.15, 0.2) is 30.6 Å². The Bertz CT molecular complexity index is 1060. The van der Waals surface area contributed by atoms with Crippen LogP contribution in [0.25, 0.3) is 10.2 Å². The average molecular weight is 381 g/mol. The van der Waals surface area contributed by atoms with Gasteiger partial charge in [0.15, 0.2) is 0 Å². The molecule has 0 saturated carbocycles. The molecule has 1 unspecified atom stereocenters. The molecule has 0 aliphatic carbocycles. The normalized spacial score (nSPS) is 21.7. The Balaban J connectivity index is 1.59. The third-order valence-corrected chi connectivity index (χ3v) is 6.86. The molecule has 1 fully saturated rings. The Morgan fingerprint density at radius 3 is 3.04 bits per heavy atom. The van der Waals surface area contributed by atoms with Crippen molar-refractivity contribution in [1.29, 1.82) is 0 Å². The Hall–Kier alpha value is -2.51. The maximum Gasteiger partial charge on any atom is 0.346 e. The third kappa shape index (κ3) is 2.45. The summed E-state index contributed by atoms with van der Waals surface area (Å²) in [5.41, 5.74) is 2.96. The van der Waals surface area contributed by atoms with Crippen molar-refractivity contribution in [2.24, 2.45) is 0 Å². The Kier molecular flexibility index (Phi) is 3.70. The smallest absolute Gasteiger partial charge is 0.346 e. The van der Waals surface area contributed by atoms with E-state index >= 15 is 0 Å². The number of nitrogens with zero attached hydrogens (tertiary/aromatic N) is 3. The van der Waals surface area contributed by atoms with E-state index in [0.717, 1.165) is 41.0 Å². The number of hydrogen-bond donors (Lipinski definition) is 1. The van der Waals surface area contributed by atoms with Gasteiger partial charge in [0.05, 0.1) is 18.5 Å². The topological polar surface area (TPSA) is 75.5 Å². The van der Waals surface area contributed by atoms with Gasteiger partial charge in [-0.3, -0.25) is 0 Å². The van der Waals surface area contributed by atoms with Crippen molar-refractivity contribution in [2.45, 2.75) is 32.0 Å². The number of fused-ring (bicyclic) bond motifs is 3. The first kappa shape index (κ1) is 16.6. The van der Waals surface area contributed by atoms with Crippen molar-refractivity contribution >= 4 is 33.3 Å². The largest absolute Gasteiger partial charge is 0.477 e. The molecule has 2 aliphatic rings. The predicted octanol–water partition coefficient (Wildman–Crippen LogP) is 3.72. The summed E-state index contributed by atoms with van der Waals surface area (Å²) in [4.78, 5) is 23.7. The second kappa shape index (κ2) is 6.00. The quantitative estimate of drug-likeness (QED) is 0.729. The predicted molar refractivity (Wildman–Crippen MR) is 103 cm³/mol. The maximum atomic E-state index is 11.5. The molecule has 138 valence electrons. The van der Waals surface area contributed by atoms with Gasteiger partial charge in [0, 0.05) is 6.54 Å². The van der Waals surface area contributed by atoms with Crippen LogP contribution in [0.5, 0.6) is 0 Å². The molecule has 1 atom stereocenters. The van der Waals surface area contributed by atoms with Crippen LogP contribution in [-0.4, -0.2) is 34.1 Å². The summed E-state index contributed by atoms with van der Waals surface area (Å²) in [6.45, 7) is 4.07. The lowest BCUT2D eigenvalue weighted by Gasteiger charge is -2.41. The Morgan fingerprint density at radius 2 is 2.19 bits per heavy atom. The molecular weight excluding hydrogens is 362 g/mol. The van der Waals surface area contributed by atoms with E-state index in [4.69, 9.17) is 4.74 Å². The van der Waals surface area contributed by atoms with Crippen molar-refractivity contribution in [2.75, 3.05) is 18.0 Å². The van der Waals surface area contributed by atoms with Crippen LogP contribution < -0.4 is 4.90 Å². The van der Waals surface area contributed by atoms with Gasteiger partial charge >= 0.3 is 5.97 Å². The fraction of sp³-hybridized carbons (Fsp3) is 0.350. The van der Waals surface area contributed by atoms with E-state index in [2.05, 4.69) is 39.1 Å². The van der Waals surface area contributed by atoms with E-state index in [1.54, 1.807) is 0 Å². The van der Waals surface area contributed by atoms with Crippen LogP contribution in [-0.2, 0) is 16.9 Å². The molecule has 0 amide bonds. The number of rotatable bonds is 2. The minimum Gasteiger partial charge on any atom is -0.477 e. The van der Waals surface area contributed by atoms with Crippen LogP contribution in [0.3, 0.4) is 0 Å². The van der Waals surface area contributed by atoms with Crippen LogP contribution >= 0.6 is 11.3 Å². The molecular formula is C20H19N3O3S. The number of ether oxygens (including phenoxy) is 1. The molecule has 3 aromatic rings. The van der Waals surface area contributed by atoms with Crippen molar-refractivity contribution in [3.63, 3.8) is 0 Å². The number of hydrogen-bond acceptors (Lipinski definition) is 6. The summed E-state index contributed by atoms with van der Waals surface area (Å²) in [7, 11) is 0. The van der Waals surface area contributed by atoms with Crippen molar-refractivity contribution < 1.29 is 14.6 Å². The standard InChI is InChI=1S/C20H19N3O3S/c1-12-15-17(21-11-22-18(15)27-16(12)19(24)25)23-8-4-7-20(10-23)14-6-3-2-5-13(14)9-26-20/h2-3,5-6,11H,4,7-10H2,1H3,(H,24,25). The van der Waals surface area contributed by atoms with Crippen LogP contribution in [0.1, 0.15) is 39.2 Å². The van der Waals surface area contributed by atoms with Crippen LogP contribution in [0.2, 0.25) is 0 Å². The molecule has 1 saturated heterocycles. The zero-order valence-corrected chi connectivity index (χ0v) is 15.8. The van der Waals surface area contributed by atoms with Crippen LogP contribution in [0.4, 0.5) is 5.82 Å². The molecule has 2 aromatic heterocycles. The van der Waals surface area contributed by atoms with Gasteiger partial charge in [-0.15, -0.1) is 11.3 Å². The van der Waals surface area contributed by atoms with E-state index in [1.807, 2.05) is 6.92 Å². The number of thiophene rings is 1. The molecule has 2 aliphatic heterocycles. The van der Waals surface area contributed by atoms with Gasteiger partial charge in [-0.05, 0) is 36.5 Å². The first-order valence-corrected chi connectivity index (χ1v) is 9.85. The van der Waals surface area contributed by atoms with Crippen molar-refractivity contribution in [3.05, 3.63) is 52.2 Å². The van der Waals surface area contributed by atoms with E-state index in [0.29, 0.717) is 18.0 Å². The van der Waals surface area contributed by atoms with Gasteiger partial charge in [0.25, 0.3) is 0 Å². The number of carbonyl (C=O) groups is 1. The second-order valence-corrected chi connectivity index (χ2v) is 8.20. The number of anilines is 1. The summed E-state index contributed by atoms with van der Waals surface area (Å²) in [6, 6.07) is 8.42. The number of carboxylic acid groups (broad SMARTS) is 1. The highest BCUT2D eigenvalue weighted by Gasteiger charge is 2.44. The van der Waals surface area contributed by atoms with E-state index < -0.39 is 5.97 Å². The highest BCUT2D eigenvalue weighted by molar-refractivity contribution is 7.20. The number of benzene rings is 1. The SMILES string of the molecule is Cc1c(C(=O)O)sc2ncnc(N3CCCC4(C3)OCc3ccccc34)c12. The minimum absolute atomic E-state index is 0.314. The van der Waals surface area contributed by atoms with Crippen LogP contribution in [0, 0.1) is 6.92 Å². The van der Waals surface area contributed by atoms with E-state index in [9.17, 15) is 9.90 Å². The average Bonchev–Trinajstić information content (AvgIpc) is 3.21. The number of aromatic nitrogens is 2. The molecule has 0 radical (unpaired) electrons. The molecule has 1 aromatic carbocycles. The van der Waals surface area contributed by atoms with Crippen molar-refractivity contribution in [1.82, 2.24) is 9.97 Å². The number of aryl methyl sites for hydroxylation is 1. The number of piperidine rings is 1. The minimum atomic E-state index is -0.912. The van der Waals surface area contributed by atoms with Gasteiger partial charge in [-0.25, -0.2) is 14.8 Å². The lowest BCUT2D eigenvalue weighted by atomic mass is 9.85. The molecule has 6 nitrogen and oxygen atoms in total. The molecule has 1 spiro atoms. The molecule has 0 bridgehead atoms. The first-order valence-electron chi connectivity index (χ1n) is 9.04. The molecule has 1 N–H and O–H groups in total. The third-order valence-electron chi connectivity index (χ3n) is 5.67. The molecule has 27 heavy (non-hydrogen) atoms. The molecule has 5 rings (SSSR count). The monoisotopic (exact) mass is 381 g/mol. The highest BCUT2D eigenvalue weighted by atomic mass is 32.1. The highest BCUT2D eigenvalue weighted by Crippen LogP contribution is 2.45. The summed E-state index contributed by atoms with van der Waals surface area (Å²) in [5, 5.41) is 10.3. The van der Waals surface area contributed by atoms with E-state index in [-0.39, 0.29) is 5.60 Å². The maximum absolute atomic E-state index is 11.5. The summed E-state index contributed by atoms with van der Waals surface area (Å²) < 4.78 is 6.31. The second-order valence-electron chi connectivity index (χ2n) is 7.20.